The highest BCUT2D eigenvalue weighted by atomic mass is 35.5. The van der Waals surface area contributed by atoms with E-state index in [9.17, 15) is 9.90 Å². The molecule has 1 aliphatic rings. The number of carbonyl (C=O) groups is 1. The molecule has 1 fully saturated rings. The van der Waals surface area contributed by atoms with Gasteiger partial charge in [0.15, 0.2) is 0 Å². The molecule has 0 aliphatic carbocycles. The second-order valence-corrected chi connectivity index (χ2v) is 7.22. The Hall–Kier alpha value is -1.46. The number of likely N-dealkylation sites (tertiary alicyclic amines) is 1. The number of rotatable bonds is 3. The molecule has 0 atom stereocenters. The Morgan fingerprint density at radius 3 is 2.61 bits per heavy atom. The van der Waals surface area contributed by atoms with Crippen LogP contribution in [0.15, 0.2) is 18.2 Å². The van der Waals surface area contributed by atoms with Gasteiger partial charge in [-0.25, -0.2) is 4.79 Å². The van der Waals surface area contributed by atoms with E-state index in [0.717, 1.165) is 18.5 Å². The number of nitrogens with one attached hydrogen (secondary N) is 1. The Morgan fingerprint density at radius 1 is 1.39 bits per heavy atom. The molecule has 1 heterocycles. The van der Waals surface area contributed by atoms with Crippen molar-refractivity contribution in [2.75, 3.05) is 18.4 Å². The van der Waals surface area contributed by atoms with Crippen molar-refractivity contribution < 1.29 is 14.6 Å². The SMILES string of the molecule is CC(C)(C)OC(=O)N1CCC(Nc2cccc(Cl)c2CO)CC1. The zero-order chi connectivity index (χ0) is 17.0. The normalized spacial score (nSPS) is 16.3. The van der Waals surface area contributed by atoms with E-state index in [0.29, 0.717) is 23.7 Å². The van der Waals surface area contributed by atoms with Gasteiger partial charge in [-0.05, 0) is 45.7 Å². The van der Waals surface area contributed by atoms with Crippen LogP contribution in [0, 0.1) is 0 Å². The summed E-state index contributed by atoms with van der Waals surface area (Å²) in [5.74, 6) is 0. The smallest absolute Gasteiger partial charge is 0.410 e. The van der Waals surface area contributed by atoms with Crippen LogP contribution in [-0.4, -0.2) is 40.8 Å². The van der Waals surface area contributed by atoms with Crippen molar-refractivity contribution in [3.8, 4) is 0 Å². The summed E-state index contributed by atoms with van der Waals surface area (Å²) in [6.45, 7) is 6.82. The fraction of sp³-hybridized carbons (Fsp3) is 0.588. The lowest BCUT2D eigenvalue weighted by atomic mass is 10.0. The van der Waals surface area contributed by atoms with Crippen molar-refractivity contribution in [3.05, 3.63) is 28.8 Å². The molecular weight excluding hydrogens is 316 g/mol. The van der Waals surface area contributed by atoms with Crippen molar-refractivity contribution in [1.82, 2.24) is 4.90 Å². The first kappa shape index (κ1) is 17.9. The minimum atomic E-state index is -0.469. The number of hydrogen-bond donors (Lipinski definition) is 2. The topological polar surface area (TPSA) is 61.8 Å². The summed E-state index contributed by atoms with van der Waals surface area (Å²) < 4.78 is 5.40. The van der Waals surface area contributed by atoms with Crippen LogP contribution < -0.4 is 5.32 Å². The second kappa shape index (κ2) is 7.41. The summed E-state index contributed by atoms with van der Waals surface area (Å²) in [5.41, 5.74) is 1.10. The van der Waals surface area contributed by atoms with E-state index in [1.54, 1.807) is 11.0 Å². The lowest BCUT2D eigenvalue weighted by molar-refractivity contribution is 0.0210. The molecular formula is C17H25ClN2O3. The van der Waals surface area contributed by atoms with Crippen LogP contribution in [-0.2, 0) is 11.3 Å². The van der Waals surface area contributed by atoms with Gasteiger partial charge < -0.3 is 20.1 Å². The largest absolute Gasteiger partial charge is 0.444 e. The Bertz CT molecular complexity index is 549. The standard InChI is InChI=1S/C17H25ClN2O3/c1-17(2,3)23-16(22)20-9-7-12(8-10-20)19-15-6-4-5-14(18)13(15)11-21/h4-6,12,19,21H,7-11H2,1-3H3. The average molecular weight is 341 g/mol. The number of anilines is 1. The minimum absolute atomic E-state index is 0.0985. The van der Waals surface area contributed by atoms with Crippen LogP contribution in [0.4, 0.5) is 10.5 Å². The van der Waals surface area contributed by atoms with Gasteiger partial charge in [0.25, 0.3) is 0 Å². The third-order valence-electron chi connectivity index (χ3n) is 3.78. The minimum Gasteiger partial charge on any atom is -0.444 e. The van der Waals surface area contributed by atoms with Gasteiger partial charge in [-0.3, -0.25) is 0 Å². The van der Waals surface area contributed by atoms with Crippen molar-refractivity contribution in [2.45, 2.75) is 51.9 Å². The first-order chi connectivity index (χ1) is 10.8. The second-order valence-electron chi connectivity index (χ2n) is 6.81. The van der Waals surface area contributed by atoms with Crippen LogP contribution in [0.5, 0.6) is 0 Å². The summed E-state index contributed by atoms with van der Waals surface area (Å²) in [6, 6.07) is 5.79. The molecule has 6 heteroatoms. The first-order valence-corrected chi connectivity index (χ1v) is 8.30. The van der Waals surface area contributed by atoms with E-state index in [1.165, 1.54) is 0 Å². The lowest BCUT2D eigenvalue weighted by Gasteiger charge is -2.34. The number of halogens is 1. The van der Waals surface area contributed by atoms with Gasteiger partial charge in [-0.15, -0.1) is 0 Å². The number of hydrogen-bond acceptors (Lipinski definition) is 4. The lowest BCUT2D eigenvalue weighted by Crippen LogP contribution is -2.44. The molecule has 2 rings (SSSR count). The number of ether oxygens (including phenoxy) is 1. The van der Waals surface area contributed by atoms with Crippen LogP contribution >= 0.6 is 11.6 Å². The number of amides is 1. The molecule has 1 aromatic rings. The fourth-order valence-corrected chi connectivity index (χ4v) is 2.84. The molecule has 0 spiro atoms. The number of carbonyl (C=O) groups excluding carboxylic acids is 1. The number of piperidine rings is 1. The zero-order valence-electron chi connectivity index (χ0n) is 13.9. The van der Waals surface area contributed by atoms with Crippen molar-refractivity contribution >= 4 is 23.4 Å². The van der Waals surface area contributed by atoms with E-state index >= 15 is 0 Å². The van der Waals surface area contributed by atoms with Crippen LogP contribution in [0.25, 0.3) is 0 Å². The molecule has 2 N–H and O–H groups in total. The maximum Gasteiger partial charge on any atom is 0.410 e. The average Bonchev–Trinajstić information content (AvgIpc) is 2.46. The van der Waals surface area contributed by atoms with Crippen LogP contribution in [0.3, 0.4) is 0 Å². The predicted octanol–water partition coefficient (Wildman–Crippen LogP) is 3.64. The summed E-state index contributed by atoms with van der Waals surface area (Å²) in [6.07, 6.45) is 1.41. The van der Waals surface area contributed by atoms with E-state index in [1.807, 2.05) is 32.9 Å². The quantitative estimate of drug-likeness (QED) is 0.881. The Morgan fingerprint density at radius 2 is 2.04 bits per heavy atom. The number of aliphatic hydroxyl groups excluding tert-OH is 1. The molecule has 1 aromatic carbocycles. The molecule has 1 aliphatic heterocycles. The van der Waals surface area contributed by atoms with E-state index in [4.69, 9.17) is 16.3 Å². The molecule has 0 aromatic heterocycles. The molecule has 23 heavy (non-hydrogen) atoms. The monoisotopic (exact) mass is 340 g/mol. The fourth-order valence-electron chi connectivity index (χ4n) is 2.61. The maximum atomic E-state index is 12.1. The highest BCUT2D eigenvalue weighted by Gasteiger charge is 2.27. The molecule has 5 nitrogen and oxygen atoms in total. The summed E-state index contributed by atoms with van der Waals surface area (Å²) in [7, 11) is 0. The molecule has 0 radical (unpaired) electrons. The number of benzene rings is 1. The number of nitrogens with zero attached hydrogens (tertiary/aromatic N) is 1. The third kappa shape index (κ3) is 5.01. The van der Waals surface area contributed by atoms with Gasteiger partial charge in [-0.2, -0.15) is 0 Å². The molecule has 128 valence electrons. The molecule has 0 unspecified atom stereocenters. The van der Waals surface area contributed by atoms with Gasteiger partial charge in [0, 0.05) is 35.4 Å². The van der Waals surface area contributed by atoms with Crippen molar-refractivity contribution in [3.63, 3.8) is 0 Å². The summed E-state index contributed by atoms with van der Waals surface area (Å²) >= 11 is 6.10. The number of aliphatic hydroxyl groups is 1. The van der Waals surface area contributed by atoms with Gasteiger partial charge in [0.2, 0.25) is 0 Å². The third-order valence-corrected chi connectivity index (χ3v) is 4.14. The molecule has 1 saturated heterocycles. The summed E-state index contributed by atoms with van der Waals surface area (Å²) in [4.78, 5) is 13.8. The zero-order valence-corrected chi connectivity index (χ0v) is 14.7. The van der Waals surface area contributed by atoms with Gasteiger partial charge in [0.1, 0.15) is 5.60 Å². The van der Waals surface area contributed by atoms with Crippen LogP contribution in [0.2, 0.25) is 5.02 Å². The van der Waals surface area contributed by atoms with E-state index in [-0.39, 0.29) is 18.7 Å². The molecule has 0 saturated carbocycles. The Kier molecular flexibility index (Phi) is 5.76. The van der Waals surface area contributed by atoms with Crippen molar-refractivity contribution in [2.24, 2.45) is 0 Å². The van der Waals surface area contributed by atoms with Crippen LogP contribution in [0.1, 0.15) is 39.2 Å². The van der Waals surface area contributed by atoms with Gasteiger partial charge in [0.05, 0.1) is 6.61 Å². The Balaban J connectivity index is 1.90. The molecule has 0 bridgehead atoms. The van der Waals surface area contributed by atoms with E-state index < -0.39 is 5.60 Å². The highest BCUT2D eigenvalue weighted by Crippen LogP contribution is 2.26. The molecule has 1 amide bonds. The van der Waals surface area contributed by atoms with Gasteiger partial charge >= 0.3 is 6.09 Å². The Labute approximate surface area is 142 Å². The predicted molar refractivity (Wildman–Crippen MR) is 91.8 cm³/mol. The van der Waals surface area contributed by atoms with Crippen molar-refractivity contribution in [1.29, 1.82) is 0 Å². The first-order valence-electron chi connectivity index (χ1n) is 7.93. The van der Waals surface area contributed by atoms with Gasteiger partial charge in [-0.1, -0.05) is 17.7 Å². The summed E-state index contributed by atoms with van der Waals surface area (Å²) in [5, 5.41) is 13.4. The van der Waals surface area contributed by atoms with E-state index in [2.05, 4.69) is 5.32 Å². The maximum absolute atomic E-state index is 12.1. The highest BCUT2D eigenvalue weighted by molar-refractivity contribution is 6.31.